The lowest BCUT2D eigenvalue weighted by molar-refractivity contribution is -0.137. The zero-order valence-electron chi connectivity index (χ0n) is 20.2. The van der Waals surface area contributed by atoms with E-state index in [2.05, 4.69) is 27.9 Å². The molecule has 0 aliphatic heterocycles. The number of rotatable bonds is 10. The molecule has 0 saturated heterocycles. The number of hydrogen-bond donors (Lipinski definition) is 4. The van der Waals surface area contributed by atoms with Crippen molar-refractivity contribution in [2.24, 2.45) is 0 Å². The molecular formula is C26H31IN2O7. The van der Waals surface area contributed by atoms with Crippen LogP contribution in [0.25, 0.3) is 0 Å². The van der Waals surface area contributed by atoms with Crippen molar-refractivity contribution in [1.29, 1.82) is 0 Å². The predicted octanol–water partition coefficient (Wildman–Crippen LogP) is 1.76. The lowest BCUT2D eigenvalue weighted by atomic mass is 9.88. The number of methoxy groups -OCH3 is 1. The average molecular weight is 610 g/mol. The minimum Gasteiger partial charge on any atom is -0.493 e. The normalized spacial score (nSPS) is 19.3. The Bertz CT molecular complexity index is 1090. The van der Waals surface area contributed by atoms with Gasteiger partial charge in [-0.1, -0.05) is 30.3 Å². The van der Waals surface area contributed by atoms with Gasteiger partial charge in [-0.3, -0.25) is 9.59 Å². The minimum atomic E-state index is -1.15. The standard InChI is InChI=1S/C26H31IN2O7/c1-16(32)29(14-17-6-4-3-5-7-17)21-12-19(26(34)28-8-9-30)13-22(24(21)33)36-25-20(27)10-18(15-31)11-23(25)35-2/h3-7,10-11,13,21-22,24,30-31,33H,8-9,12,14-15H2,1-2H3,(H,28,34)/t21-,22+,24+/m1/s1. The van der Waals surface area contributed by atoms with Gasteiger partial charge in [0.05, 0.1) is 29.9 Å². The van der Waals surface area contributed by atoms with Crippen molar-refractivity contribution in [3.63, 3.8) is 0 Å². The van der Waals surface area contributed by atoms with Gasteiger partial charge in [0, 0.05) is 32.0 Å². The van der Waals surface area contributed by atoms with E-state index in [-0.39, 0.29) is 38.6 Å². The van der Waals surface area contributed by atoms with Gasteiger partial charge < -0.3 is 35.0 Å². The van der Waals surface area contributed by atoms with Crippen LogP contribution in [0.4, 0.5) is 0 Å². The van der Waals surface area contributed by atoms with E-state index < -0.39 is 24.2 Å². The molecule has 2 amide bonds. The maximum atomic E-state index is 12.8. The summed E-state index contributed by atoms with van der Waals surface area (Å²) in [4.78, 5) is 27.1. The monoisotopic (exact) mass is 610 g/mol. The molecule has 194 valence electrons. The van der Waals surface area contributed by atoms with Gasteiger partial charge in [0.1, 0.15) is 12.2 Å². The van der Waals surface area contributed by atoms with Crippen LogP contribution >= 0.6 is 22.6 Å². The molecule has 0 saturated carbocycles. The van der Waals surface area contributed by atoms with E-state index in [4.69, 9.17) is 14.6 Å². The minimum absolute atomic E-state index is 0.0731. The van der Waals surface area contributed by atoms with Crippen LogP contribution in [0.15, 0.2) is 54.1 Å². The van der Waals surface area contributed by atoms with Crippen LogP contribution in [0.5, 0.6) is 11.5 Å². The Balaban J connectivity index is 1.99. The highest BCUT2D eigenvalue weighted by Crippen LogP contribution is 2.37. The summed E-state index contributed by atoms with van der Waals surface area (Å²) in [6.45, 7) is 1.36. The van der Waals surface area contributed by atoms with Crippen molar-refractivity contribution in [3.05, 3.63) is 68.8 Å². The smallest absolute Gasteiger partial charge is 0.247 e. The Morgan fingerprint density at radius 2 is 1.89 bits per heavy atom. The predicted molar refractivity (Wildman–Crippen MR) is 141 cm³/mol. The van der Waals surface area contributed by atoms with Gasteiger partial charge in [-0.2, -0.15) is 0 Å². The topological polar surface area (TPSA) is 129 Å². The second kappa shape index (κ2) is 13.0. The van der Waals surface area contributed by atoms with Crippen LogP contribution in [0.3, 0.4) is 0 Å². The zero-order chi connectivity index (χ0) is 26.2. The largest absolute Gasteiger partial charge is 0.493 e. The third-order valence-electron chi connectivity index (χ3n) is 5.94. The van der Waals surface area contributed by atoms with Crippen LogP contribution in [0.1, 0.15) is 24.5 Å². The van der Waals surface area contributed by atoms with Crippen LogP contribution in [0, 0.1) is 3.57 Å². The molecule has 36 heavy (non-hydrogen) atoms. The molecule has 0 fully saturated rings. The number of amides is 2. The highest BCUT2D eigenvalue weighted by molar-refractivity contribution is 14.1. The number of hydrogen-bond acceptors (Lipinski definition) is 7. The van der Waals surface area contributed by atoms with Crippen molar-refractivity contribution in [3.8, 4) is 11.5 Å². The molecule has 2 aromatic carbocycles. The van der Waals surface area contributed by atoms with Gasteiger partial charge >= 0.3 is 0 Å². The van der Waals surface area contributed by atoms with Crippen molar-refractivity contribution >= 4 is 34.4 Å². The Morgan fingerprint density at radius 1 is 1.17 bits per heavy atom. The molecule has 1 aliphatic rings. The maximum absolute atomic E-state index is 12.8. The number of nitrogens with zero attached hydrogens (tertiary/aromatic N) is 1. The molecule has 0 bridgehead atoms. The summed E-state index contributed by atoms with van der Waals surface area (Å²) in [6.07, 6.45) is -0.462. The van der Waals surface area contributed by atoms with Crippen molar-refractivity contribution in [1.82, 2.24) is 10.2 Å². The van der Waals surface area contributed by atoms with E-state index in [1.165, 1.54) is 14.0 Å². The summed E-state index contributed by atoms with van der Waals surface area (Å²) in [5.74, 6) is 0.0599. The maximum Gasteiger partial charge on any atom is 0.247 e. The first-order chi connectivity index (χ1) is 17.3. The first kappa shape index (κ1) is 27.9. The summed E-state index contributed by atoms with van der Waals surface area (Å²) in [5.41, 5.74) is 1.86. The fourth-order valence-electron chi connectivity index (χ4n) is 4.14. The van der Waals surface area contributed by atoms with Crippen LogP contribution < -0.4 is 14.8 Å². The van der Waals surface area contributed by atoms with Crippen LogP contribution in [0.2, 0.25) is 0 Å². The van der Waals surface area contributed by atoms with Crippen molar-refractivity contribution < 1.29 is 34.4 Å². The summed E-state index contributed by atoms with van der Waals surface area (Å²) < 4.78 is 12.3. The molecule has 0 heterocycles. The Kier molecular flexibility index (Phi) is 10.1. The van der Waals surface area contributed by atoms with Crippen molar-refractivity contribution in [2.45, 2.75) is 44.7 Å². The summed E-state index contributed by atoms with van der Waals surface area (Å²) >= 11 is 2.05. The fraction of sp³-hybridized carbons (Fsp3) is 0.385. The zero-order valence-corrected chi connectivity index (χ0v) is 22.3. The van der Waals surface area contributed by atoms with E-state index in [0.29, 0.717) is 26.2 Å². The number of nitrogens with one attached hydrogen (secondary N) is 1. The quantitative estimate of drug-likeness (QED) is 0.302. The molecule has 0 unspecified atom stereocenters. The number of aliphatic hydroxyl groups is 3. The number of benzene rings is 2. The molecule has 0 radical (unpaired) electrons. The Labute approximate surface area is 223 Å². The van der Waals surface area contributed by atoms with Gasteiger partial charge in [0.25, 0.3) is 0 Å². The molecule has 3 rings (SSSR count). The number of halogens is 1. The number of ether oxygens (including phenoxy) is 2. The molecule has 4 N–H and O–H groups in total. The fourth-order valence-corrected chi connectivity index (χ4v) is 4.93. The van der Waals surface area contributed by atoms with E-state index in [0.717, 1.165) is 5.56 Å². The van der Waals surface area contributed by atoms with Gasteiger partial charge in [-0.05, 0) is 51.9 Å². The third-order valence-corrected chi connectivity index (χ3v) is 6.74. The summed E-state index contributed by atoms with van der Waals surface area (Å²) in [6, 6.07) is 12.0. The highest BCUT2D eigenvalue weighted by Gasteiger charge is 2.40. The summed E-state index contributed by atoms with van der Waals surface area (Å²) in [7, 11) is 1.47. The van der Waals surface area contributed by atoms with Gasteiger partial charge in [0.15, 0.2) is 11.5 Å². The molecule has 9 nitrogen and oxygen atoms in total. The average Bonchev–Trinajstić information content (AvgIpc) is 2.88. The lowest BCUT2D eigenvalue weighted by Crippen LogP contribution is -2.54. The van der Waals surface area contributed by atoms with Gasteiger partial charge in [0.2, 0.25) is 11.8 Å². The Hall–Kier alpha value is -2.67. The van der Waals surface area contributed by atoms with E-state index in [9.17, 15) is 19.8 Å². The molecule has 3 atom stereocenters. The Morgan fingerprint density at radius 3 is 2.50 bits per heavy atom. The van der Waals surface area contributed by atoms with Gasteiger partial charge in [-0.15, -0.1) is 0 Å². The van der Waals surface area contributed by atoms with Crippen LogP contribution in [-0.2, 0) is 22.7 Å². The SMILES string of the molecule is COc1cc(CO)cc(I)c1O[C@H]1C=C(C(=O)NCCO)C[C@@H](N(Cc2ccccc2)C(C)=O)[C@@H]1O. The van der Waals surface area contributed by atoms with Gasteiger partial charge in [-0.25, -0.2) is 0 Å². The highest BCUT2D eigenvalue weighted by atomic mass is 127. The third kappa shape index (κ3) is 6.75. The number of aliphatic hydroxyl groups excluding tert-OH is 3. The van der Waals surface area contributed by atoms with Crippen molar-refractivity contribution in [2.75, 3.05) is 20.3 Å². The number of carbonyl (C=O) groups is 2. The molecule has 10 heteroatoms. The molecule has 2 aromatic rings. The van der Waals surface area contributed by atoms with E-state index in [1.54, 1.807) is 23.1 Å². The van der Waals surface area contributed by atoms with Crippen LogP contribution in [-0.4, -0.2) is 70.5 Å². The van der Waals surface area contributed by atoms with E-state index >= 15 is 0 Å². The molecule has 1 aliphatic carbocycles. The summed E-state index contributed by atoms with van der Waals surface area (Å²) in [5, 5.41) is 32.7. The second-order valence-electron chi connectivity index (χ2n) is 8.42. The van der Waals surface area contributed by atoms with E-state index in [1.807, 2.05) is 30.3 Å². The first-order valence-electron chi connectivity index (χ1n) is 11.5. The lowest BCUT2D eigenvalue weighted by Gasteiger charge is -2.40. The second-order valence-corrected chi connectivity index (χ2v) is 9.58. The first-order valence-corrected chi connectivity index (χ1v) is 12.6. The number of carbonyl (C=O) groups excluding carboxylic acids is 2. The molecule has 0 aromatic heterocycles. The molecular weight excluding hydrogens is 579 g/mol. The molecule has 0 spiro atoms.